The van der Waals surface area contributed by atoms with Crippen molar-refractivity contribution in [2.24, 2.45) is 5.92 Å². The zero-order chi connectivity index (χ0) is 18.1. The van der Waals surface area contributed by atoms with E-state index in [4.69, 9.17) is 10.5 Å². The van der Waals surface area contributed by atoms with Crippen molar-refractivity contribution in [2.45, 2.75) is 13.8 Å². The minimum Gasteiger partial charge on any atom is -0.462 e. The molecule has 0 unspecified atom stereocenters. The Morgan fingerprint density at radius 3 is 2.48 bits per heavy atom. The van der Waals surface area contributed by atoms with Gasteiger partial charge in [0.15, 0.2) is 0 Å². The van der Waals surface area contributed by atoms with Crippen LogP contribution in [-0.2, 0) is 4.74 Å². The van der Waals surface area contributed by atoms with Gasteiger partial charge in [-0.3, -0.25) is 9.59 Å². The van der Waals surface area contributed by atoms with Crippen LogP contribution in [0.4, 0.5) is 11.4 Å². The molecule has 0 saturated heterocycles. The van der Waals surface area contributed by atoms with Crippen molar-refractivity contribution in [1.29, 1.82) is 0 Å². The van der Waals surface area contributed by atoms with Crippen molar-refractivity contribution >= 4 is 29.2 Å². The van der Waals surface area contributed by atoms with Crippen LogP contribution in [0.1, 0.15) is 44.9 Å². The standard InChI is InChI=1S/C19H18N2O4/c1-11(2)10-25-19(24)12-6-7-15-16(8-12)18(23)21(17(15)22)14-5-3-4-13(20)9-14/h3-9,11H,10,20H2,1-2H3. The number of benzene rings is 2. The first kappa shape index (κ1) is 16.7. The maximum Gasteiger partial charge on any atom is 0.338 e. The summed E-state index contributed by atoms with van der Waals surface area (Å²) in [5.41, 5.74) is 7.27. The number of nitrogens with zero attached hydrogens (tertiary/aromatic N) is 1. The Hall–Kier alpha value is -3.15. The van der Waals surface area contributed by atoms with Crippen LogP contribution in [0.2, 0.25) is 0 Å². The molecule has 0 radical (unpaired) electrons. The lowest BCUT2D eigenvalue weighted by Gasteiger charge is -2.14. The summed E-state index contributed by atoms with van der Waals surface area (Å²) in [7, 11) is 0. The summed E-state index contributed by atoms with van der Waals surface area (Å²) in [5, 5.41) is 0. The summed E-state index contributed by atoms with van der Waals surface area (Å²) < 4.78 is 5.17. The Kier molecular flexibility index (Phi) is 4.27. The minimum atomic E-state index is -0.515. The van der Waals surface area contributed by atoms with Crippen LogP contribution in [0.3, 0.4) is 0 Å². The predicted molar refractivity (Wildman–Crippen MR) is 93.6 cm³/mol. The minimum absolute atomic E-state index is 0.187. The van der Waals surface area contributed by atoms with Crippen LogP contribution in [0.25, 0.3) is 0 Å². The lowest BCUT2D eigenvalue weighted by molar-refractivity contribution is 0.0458. The molecule has 2 aromatic rings. The van der Waals surface area contributed by atoms with Crippen molar-refractivity contribution in [2.75, 3.05) is 17.2 Å². The second-order valence-corrected chi connectivity index (χ2v) is 6.29. The van der Waals surface area contributed by atoms with Gasteiger partial charge in [0, 0.05) is 5.69 Å². The molecule has 2 aromatic carbocycles. The van der Waals surface area contributed by atoms with Gasteiger partial charge in [-0.1, -0.05) is 19.9 Å². The van der Waals surface area contributed by atoms with Crippen molar-refractivity contribution in [3.05, 3.63) is 59.2 Å². The van der Waals surface area contributed by atoms with Gasteiger partial charge in [0.25, 0.3) is 11.8 Å². The number of anilines is 2. The van der Waals surface area contributed by atoms with E-state index < -0.39 is 17.8 Å². The summed E-state index contributed by atoms with van der Waals surface area (Å²) in [5.74, 6) is -1.23. The number of amides is 2. The van der Waals surface area contributed by atoms with E-state index in [1.54, 1.807) is 24.3 Å². The number of rotatable bonds is 4. The second-order valence-electron chi connectivity index (χ2n) is 6.29. The summed E-state index contributed by atoms with van der Waals surface area (Å²) in [4.78, 5) is 38.4. The first-order valence-electron chi connectivity index (χ1n) is 7.94. The highest BCUT2D eigenvalue weighted by Gasteiger charge is 2.37. The van der Waals surface area contributed by atoms with Crippen molar-refractivity contribution in [1.82, 2.24) is 0 Å². The van der Waals surface area contributed by atoms with E-state index in [2.05, 4.69) is 0 Å². The van der Waals surface area contributed by atoms with Gasteiger partial charge in [-0.2, -0.15) is 0 Å². The fraction of sp³-hybridized carbons (Fsp3) is 0.211. The fourth-order valence-corrected chi connectivity index (χ4v) is 2.59. The first-order chi connectivity index (χ1) is 11.9. The maximum atomic E-state index is 12.7. The highest BCUT2D eigenvalue weighted by molar-refractivity contribution is 6.34. The van der Waals surface area contributed by atoms with Gasteiger partial charge in [-0.15, -0.1) is 0 Å². The lowest BCUT2D eigenvalue weighted by Crippen LogP contribution is -2.29. The second kappa shape index (κ2) is 6.39. The number of carbonyl (C=O) groups is 3. The van der Waals surface area contributed by atoms with Gasteiger partial charge in [-0.25, -0.2) is 9.69 Å². The molecule has 0 spiro atoms. The Bertz CT molecular complexity index is 873. The average molecular weight is 338 g/mol. The first-order valence-corrected chi connectivity index (χ1v) is 7.94. The molecule has 0 aromatic heterocycles. The number of ether oxygens (including phenoxy) is 1. The number of fused-ring (bicyclic) bond motifs is 1. The Balaban J connectivity index is 1.92. The molecule has 25 heavy (non-hydrogen) atoms. The van der Waals surface area contributed by atoms with Crippen LogP contribution in [0.5, 0.6) is 0 Å². The zero-order valence-corrected chi connectivity index (χ0v) is 14.0. The molecule has 2 N–H and O–H groups in total. The molecule has 128 valence electrons. The molecule has 3 rings (SSSR count). The Labute approximate surface area is 145 Å². The fourth-order valence-electron chi connectivity index (χ4n) is 2.59. The van der Waals surface area contributed by atoms with E-state index in [0.29, 0.717) is 11.4 Å². The molecule has 1 aliphatic heterocycles. The van der Waals surface area contributed by atoms with Crippen LogP contribution in [-0.4, -0.2) is 24.4 Å². The normalized spacial score (nSPS) is 13.3. The molecule has 0 fully saturated rings. The van der Waals surface area contributed by atoms with Crippen molar-refractivity contribution in [3.63, 3.8) is 0 Å². The summed E-state index contributed by atoms with van der Waals surface area (Å²) in [6.07, 6.45) is 0. The molecule has 0 atom stereocenters. The number of hydrogen-bond acceptors (Lipinski definition) is 5. The molecule has 2 amide bonds. The highest BCUT2D eigenvalue weighted by atomic mass is 16.5. The smallest absolute Gasteiger partial charge is 0.338 e. The van der Waals surface area contributed by atoms with Crippen LogP contribution < -0.4 is 10.6 Å². The molecule has 1 aliphatic rings. The summed E-state index contributed by atoms with van der Waals surface area (Å²) in [6, 6.07) is 10.9. The zero-order valence-electron chi connectivity index (χ0n) is 14.0. The SMILES string of the molecule is CC(C)COC(=O)c1ccc2c(c1)C(=O)N(c1cccc(N)c1)C2=O. The van der Waals surface area contributed by atoms with E-state index in [1.807, 2.05) is 13.8 Å². The molecular weight excluding hydrogens is 320 g/mol. The molecule has 0 aliphatic carbocycles. The molecule has 6 heteroatoms. The predicted octanol–water partition coefficient (Wildman–Crippen LogP) is 2.88. The van der Waals surface area contributed by atoms with Gasteiger partial charge < -0.3 is 10.5 Å². The van der Waals surface area contributed by atoms with Crippen LogP contribution in [0, 0.1) is 5.92 Å². The summed E-state index contributed by atoms with van der Waals surface area (Å²) in [6.45, 7) is 4.15. The number of nitrogen functional groups attached to an aromatic ring is 1. The Morgan fingerprint density at radius 2 is 1.80 bits per heavy atom. The van der Waals surface area contributed by atoms with E-state index in [-0.39, 0.29) is 29.2 Å². The van der Waals surface area contributed by atoms with E-state index in [1.165, 1.54) is 18.2 Å². The molecule has 0 bridgehead atoms. The summed E-state index contributed by atoms with van der Waals surface area (Å²) >= 11 is 0. The van der Waals surface area contributed by atoms with Crippen LogP contribution >= 0.6 is 0 Å². The molecule has 6 nitrogen and oxygen atoms in total. The van der Waals surface area contributed by atoms with Gasteiger partial charge >= 0.3 is 5.97 Å². The number of carbonyl (C=O) groups excluding carboxylic acids is 3. The molecule has 0 saturated carbocycles. The van der Waals surface area contributed by atoms with Crippen LogP contribution in [0.15, 0.2) is 42.5 Å². The van der Waals surface area contributed by atoms with Gasteiger partial charge in [0.1, 0.15) is 0 Å². The van der Waals surface area contributed by atoms with E-state index in [9.17, 15) is 14.4 Å². The quantitative estimate of drug-likeness (QED) is 0.526. The number of hydrogen-bond donors (Lipinski definition) is 1. The average Bonchev–Trinajstić information content (AvgIpc) is 2.83. The van der Waals surface area contributed by atoms with E-state index >= 15 is 0 Å². The molecular formula is C19H18N2O4. The lowest BCUT2D eigenvalue weighted by atomic mass is 10.1. The van der Waals surface area contributed by atoms with Crippen molar-refractivity contribution in [3.8, 4) is 0 Å². The van der Waals surface area contributed by atoms with Gasteiger partial charge in [0.05, 0.1) is 29.0 Å². The Morgan fingerprint density at radius 1 is 1.08 bits per heavy atom. The number of esters is 1. The molecule has 1 heterocycles. The van der Waals surface area contributed by atoms with Crippen molar-refractivity contribution < 1.29 is 19.1 Å². The largest absolute Gasteiger partial charge is 0.462 e. The highest BCUT2D eigenvalue weighted by Crippen LogP contribution is 2.30. The third kappa shape index (κ3) is 3.10. The van der Waals surface area contributed by atoms with Gasteiger partial charge in [-0.05, 0) is 42.3 Å². The van der Waals surface area contributed by atoms with E-state index in [0.717, 1.165) is 4.90 Å². The maximum absolute atomic E-state index is 12.7. The third-order valence-corrected chi connectivity index (χ3v) is 3.80. The number of imide groups is 1. The third-order valence-electron chi connectivity index (χ3n) is 3.80. The topological polar surface area (TPSA) is 89.7 Å². The van der Waals surface area contributed by atoms with Gasteiger partial charge in [0.2, 0.25) is 0 Å². The number of nitrogens with two attached hydrogens (primary N) is 1. The monoisotopic (exact) mass is 338 g/mol.